The minimum Gasteiger partial charge on any atom is -0.497 e. The molecule has 0 aliphatic rings. The predicted octanol–water partition coefficient (Wildman–Crippen LogP) is 4.15. The van der Waals surface area contributed by atoms with Gasteiger partial charge >= 0.3 is 0 Å². The molecule has 0 fully saturated rings. The van der Waals surface area contributed by atoms with E-state index < -0.39 is 0 Å². The summed E-state index contributed by atoms with van der Waals surface area (Å²) in [4.78, 5) is 8.53. The van der Waals surface area contributed by atoms with Gasteiger partial charge in [-0.1, -0.05) is 24.3 Å². The van der Waals surface area contributed by atoms with Crippen molar-refractivity contribution in [1.29, 1.82) is 0 Å². The van der Waals surface area contributed by atoms with Gasteiger partial charge < -0.3 is 15.4 Å². The van der Waals surface area contributed by atoms with Crippen LogP contribution in [0, 0.1) is 6.92 Å². The number of hydrogen-bond donors (Lipinski definition) is 2. The standard InChI is InChI=1S/C19H20N4O/c1-14-5-3-4-6-15(14)12-20-18-11-19(22-13-21-18)23-16-7-9-17(24-2)10-8-16/h3-11,13H,12H2,1-2H3,(H2,20,21,22,23). The minimum absolute atomic E-state index is 0.728. The van der Waals surface area contributed by atoms with E-state index in [-0.39, 0.29) is 0 Å². The molecule has 2 aromatic carbocycles. The van der Waals surface area contributed by atoms with Crippen LogP contribution in [-0.4, -0.2) is 17.1 Å². The van der Waals surface area contributed by atoms with Crippen molar-refractivity contribution < 1.29 is 4.74 Å². The van der Waals surface area contributed by atoms with E-state index in [1.807, 2.05) is 42.5 Å². The van der Waals surface area contributed by atoms with Gasteiger partial charge in [-0.3, -0.25) is 0 Å². The zero-order valence-electron chi connectivity index (χ0n) is 13.8. The molecule has 3 aromatic rings. The Morgan fingerprint density at radius 3 is 2.46 bits per heavy atom. The first-order valence-corrected chi connectivity index (χ1v) is 7.76. The third-order valence-electron chi connectivity index (χ3n) is 3.75. The Balaban J connectivity index is 1.66. The molecular formula is C19H20N4O. The average Bonchev–Trinajstić information content (AvgIpc) is 2.62. The van der Waals surface area contributed by atoms with Gasteiger partial charge in [0.25, 0.3) is 0 Å². The van der Waals surface area contributed by atoms with E-state index in [0.717, 1.165) is 29.6 Å². The molecule has 0 aliphatic carbocycles. The second-order valence-corrected chi connectivity index (χ2v) is 5.42. The molecule has 5 heteroatoms. The minimum atomic E-state index is 0.728. The summed E-state index contributed by atoms with van der Waals surface area (Å²) in [7, 11) is 1.65. The number of nitrogens with zero attached hydrogens (tertiary/aromatic N) is 2. The highest BCUT2D eigenvalue weighted by atomic mass is 16.5. The lowest BCUT2D eigenvalue weighted by Crippen LogP contribution is -2.04. The van der Waals surface area contributed by atoms with Crippen LogP contribution in [-0.2, 0) is 6.54 Å². The molecule has 0 aliphatic heterocycles. The fourth-order valence-corrected chi connectivity index (χ4v) is 2.34. The number of anilines is 3. The van der Waals surface area contributed by atoms with Crippen LogP contribution in [0.3, 0.4) is 0 Å². The Morgan fingerprint density at radius 1 is 0.958 bits per heavy atom. The maximum Gasteiger partial charge on any atom is 0.135 e. The molecule has 1 heterocycles. The van der Waals surface area contributed by atoms with Crippen LogP contribution in [0.25, 0.3) is 0 Å². The zero-order valence-corrected chi connectivity index (χ0v) is 13.8. The summed E-state index contributed by atoms with van der Waals surface area (Å²) in [6.07, 6.45) is 1.55. The van der Waals surface area contributed by atoms with Gasteiger partial charge in [0.1, 0.15) is 23.7 Å². The van der Waals surface area contributed by atoms with Gasteiger partial charge in [-0.15, -0.1) is 0 Å². The molecule has 3 rings (SSSR count). The number of methoxy groups -OCH3 is 1. The number of nitrogens with one attached hydrogen (secondary N) is 2. The summed E-state index contributed by atoms with van der Waals surface area (Å²) >= 11 is 0. The quantitative estimate of drug-likeness (QED) is 0.714. The van der Waals surface area contributed by atoms with Gasteiger partial charge in [0.05, 0.1) is 7.11 Å². The van der Waals surface area contributed by atoms with Crippen LogP contribution in [0.5, 0.6) is 5.75 Å². The molecule has 122 valence electrons. The van der Waals surface area contributed by atoms with Gasteiger partial charge in [0, 0.05) is 18.3 Å². The van der Waals surface area contributed by atoms with Gasteiger partial charge in [0.2, 0.25) is 0 Å². The highest BCUT2D eigenvalue weighted by molar-refractivity contribution is 5.59. The Morgan fingerprint density at radius 2 is 1.71 bits per heavy atom. The van der Waals surface area contributed by atoms with Crippen molar-refractivity contribution in [1.82, 2.24) is 9.97 Å². The first-order chi connectivity index (χ1) is 11.7. The maximum atomic E-state index is 5.16. The second kappa shape index (κ2) is 7.46. The topological polar surface area (TPSA) is 59.1 Å². The summed E-state index contributed by atoms with van der Waals surface area (Å²) in [5.74, 6) is 2.34. The highest BCUT2D eigenvalue weighted by Gasteiger charge is 2.02. The molecule has 0 saturated heterocycles. The molecule has 0 unspecified atom stereocenters. The molecule has 0 bridgehead atoms. The molecular weight excluding hydrogens is 300 g/mol. The molecule has 2 N–H and O–H groups in total. The molecule has 0 radical (unpaired) electrons. The number of aryl methyl sites for hydroxylation is 1. The Labute approximate surface area is 141 Å². The molecule has 0 atom stereocenters. The fourth-order valence-electron chi connectivity index (χ4n) is 2.34. The lowest BCUT2D eigenvalue weighted by Gasteiger charge is -2.10. The van der Waals surface area contributed by atoms with Crippen LogP contribution in [0.1, 0.15) is 11.1 Å². The number of benzene rings is 2. The molecule has 1 aromatic heterocycles. The van der Waals surface area contributed by atoms with E-state index in [9.17, 15) is 0 Å². The SMILES string of the molecule is COc1ccc(Nc2cc(NCc3ccccc3C)ncn2)cc1. The third kappa shape index (κ3) is 4.01. The number of rotatable bonds is 6. The second-order valence-electron chi connectivity index (χ2n) is 5.42. The number of hydrogen-bond acceptors (Lipinski definition) is 5. The smallest absolute Gasteiger partial charge is 0.135 e. The van der Waals surface area contributed by atoms with Crippen molar-refractivity contribution >= 4 is 17.3 Å². The van der Waals surface area contributed by atoms with Crippen molar-refractivity contribution in [2.24, 2.45) is 0 Å². The van der Waals surface area contributed by atoms with Crippen molar-refractivity contribution in [3.63, 3.8) is 0 Å². The van der Waals surface area contributed by atoms with Crippen LogP contribution in [0.2, 0.25) is 0 Å². The number of aromatic nitrogens is 2. The summed E-state index contributed by atoms with van der Waals surface area (Å²) < 4.78 is 5.16. The average molecular weight is 320 g/mol. The molecule has 0 saturated carbocycles. The summed E-state index contributed by atoms with van der Waals surface area (Å²) in [5.41, 5.74) is 3.45. The van der Waals surface area contributed by atoms with E-state index >= 15 is 0 Å². The summed E-state index contributed by atoms with van der Waals surface area (Å²) in [6, 6.07) is 17.9. The van der Waals surface area contributed by atoms with E-state index in [4.69, 9.17) is 4.74 Å². The maximum absolute atomic E-state index is 5.16. The van der Waals surface area contributed by atoms with Crippen molar-refractivity contribution in [3.05, 3.63) is 72.1 Å². The predicted molar refractivity (Wildman–Crippen MR) is 96.8 cm³/mol. The zero-order chi connectivity index (χ0) is 16.8. The van der Waals surface area contributed by atoms with Crippen molar-refractivity contribution in [2.45, 2.75) is 13.5 Å². The monoisotopic (exact) mass is 320 g/mol. The first-order valence-electron chi connectivity index (χ1n) is 7.76. The van der Waals surface area contributed by atoms with E-state index in [1.165, 1.54) is 11.1 Å². The molecule has 5 nitrogen and oxygen atoms in total. The summed E-state index contributed by atoms with van der Waals surface area (Å²) in [6.45, 7) is 2.83. The van der Waals surface area contributed by atoms with Gasteiger partial charge in [-0.05, 0) is 42.3 Å². The van der Waals surface area contributed by atoms with E-state index in [2.05, 4.69) is 39.7 Å². The lowest BCUT2D eigenvalue weighted by atomic mass is 10.1. The van der Waals surface area contributed by atoms with Gasteiger partial charge in [-0.25, -0.2) is 9.97 Å². The fraction of sp³-hybridized carbons (Fsp3) is 0.158. The van der Waals surface area contributed by atoms with Crippen molar-refractivity contribution in [3.8, 4) is 5.75 Å². The normalized spacial score (nSPS) is 10.2. The Bertz CT molecular complexity index is 802. The molecule has 24 heavy (non-hydrogen) atoms. The van der Waals surface area contributed by atoms with Crippen LogP contribution < -0.4 is 15.4 Å². The number of ether oxygens (including phenoxy) is 1. The van der Waals surface area contributed by atoms with Crippen molar-refractivity contribution in [2.75, 3.05) is 17.7 Å². The highest BCUT2D eigenvalue weighted by Crippen LogP contribution is 2.20. The molecule has 0 spiro atoms. The van der Waals surface area contributed by atoms with Gasteiger partial charge in [0.15, 0.2) is 0 Å². The molecule has 0 amide bonds. The van der Waals surface area contributed by atoms with E-state index in [1.54, 1.807) is 13.4 Å². The Kier molecular flexibility index (Phi) is 4.91. The first kappa shape index (κ1) is 15.8. The lowest BCUT2D eigenvalue weighted by molar-refractivity contribution is 0.415. The van der Waals surface area contributed by atoms with E-state index in [0.29, 0.717) is 0 Å². The van der Waals surface area contributed by atoms with Crippen LogP contribution >= 0.6 is 0 Å². The van der Waals surface area contributed by atoms with Crippen LogP contribution in [0.4, 0.5) is 17.3 Å². The van der Waals surface area contributed by atoms with Crippen LogP contribution in [0.15, 0.2) is 60.9 Å². The van der Waals surface area contributed by atoms with Gasteiger partial charge in [-0.2, -0.15) is 0 Å². The third-order valence-corrected chi connectivity index (χ3v) is 3.75. The summed E-state index contributed by atoms with van der Waals surface area (Å²) in [5, 5.41) is 6.59. The Hall–Kier alpha value is -3.08. The largest absolute Gasteiger partial charge is 0.497 e.